The number of piperidine rings is 1. The first kappa shape index (κ1) is 17.2. The Bertz CT molecular complexity index is 524. The van der Waals surface area contributed by atoms with Crippen LogP contribution in [0.2, 0.25) is 0 Å². The van der Waals surface area contributed by atoms with Crippen molar-refractivity contribution in [2.45, 2.75) is 51.6 Å². The highest BCUT2D eigenvalue weighted by Gasteiger charge is 2.40. The van der Waals surface area contributed by atoms with Crippen molar-refractivity contribution < 1.29 is 4.79 Å². The van der Waals surface area contributed by atoms with Crippen molar-refractivity contribution in [3.8, 4) is 0 Å². The third-order valence-electron chi connectivity index (χ3n) is 4.73. The molecule has 2 saturated heterocycles. The Hall–Kier alpha value is -1.14. The summed E-state index contributed by atoms with van der Waals surface area (Å²) in [4.78, 5) is 14.7. The highest BCUT2D eigenvalue weighted by Crippen LogP contribution is 2.33. The van der Waals surface area contributed by atoms with E-state index in [1.165, 1.54) is 0 Å². The van der Waals surface area contributed by atoms with Gasteiger partial charge in [0.2, 0.25) is 0 Å². The van der Waals surface area contributed by atoms with Gasteiger partial charge in [-0.3, -0.25) is 4.79 Å². The lowest BCUT2D eigenvalue weighted by Crippen LogP contribution is -2.42. The number of rotatable bonds is 2. The Morgan fingerprint density at radius 2 is 2.05 bits per heavy atom. The number of hydrogen-bond acceptors (Lipinski definition) is 4. The van der Waals surface area contributed by atoms with Crippen LogP contribution in [0, 0.1) is 5.92 Å². The zero-order chi connectivity index (χ0) is 15.0. The molecule has 7 heteroatoms. The molecule has 6 nitrogen and oxygen atoms in total. The van der Waals surface area contributed by atoms with E-state index in [9.17, 15) is 4.79 Å². The number of nitrogens with zero attached hydrogens (tertiary/aromatic N) is 4. The standard InChI is InChI=1S/C15H25N5O.ClH/c1-11-8-15(2,3)19(9-11)14(21)13-10-20(18-17-13)12-4-6-16-7-5-12;/h10-12,16H,4-9H2,1-3H3;1H. The van der Waals surface area contributed by atoms with Gasteiger partial charge in [0.15, 0.2) is 5.69 Å². The lowest BCUT2D eigenvalue weighted by Gasteiger charge is -2.30. The quantitative estimate of drug-likeness (QED) is 0.901. The van der Waals surface area contributed by atoms with E-state index in [0.29, 0.717) is 17.7 Å². The molecule has 2 fully saturated rings. The average Bonchev–Trinajstić information content (AvgIpc) is 3.03. The smallest absolute Gasteiger partial charge is 0.276 e. The van der Waals surface area contributed by atoms with Crippen LogP contribution >= 0.6 is 12.4 Å². The number of nitrogens with one attached hydrogen (secondary N) is 1. The van der Waals surface area contributed by atoms with E-state index in [0.717, 1.165) is 38.9 Å². The first-order chi connectivity index (χ1) is 9.97. The molecule has 2 aliphatic rings. The Morgan fingerprint density at radius 3 is 2.64 bits per heavy atom. The topological polar surface area (TPSA) is 63.1 Å². The normalized spacial score (nSPS) is 25.0. The van der Waals surface area contributed by atoms with E-state index in [4.69, 9.17) is 0 Å². The predicted molar refractivity (Wildman–Crippen MR) is 87.3 cm³/mol. The third-order valence-corrected chi connectivity index (χ3v) is 4.73. The highest BCUT2D eigenvalue weighted by atomic mass is 35.5. The van der Waals surface area contributed by atoms with Crippen LogP contribution in [0.25, 0.3) is 0 Å². The zero-order valence-corrected chi connectivity index (χ0v) is 14.4. The van der Waals surface area contributed by atoms with Gasteiger partial charge in [-0.15, -0.1) is 17.5 Å². The summed E-state index contributed by atoms with van der Waals surface area (Å²) < 4.78 is 1.88. The van der Waals surface area contributed by atoms with Gasteiger partial charge >= 0.3 is 0 Å². The molecule has 1 atom stereocenters. The fourth-order valence-corrected chi connectivity index (χ4v) is 3.71. The predicted octanol–water partition coefficient (Wildman–Crippen LogP) is 1.88. The van der Waals surface area contributed by atoms with Gasteiger partial charge in [-0.2, -0.15) is 0 Å². The molecule has 1 amide bonds. The fraction of sp³-hybridized carbons (Fsp3) is 0.800. The molecule has 1 N–H and O–H groups in total. The van der Waals surface area contributed by atoms with Gasteiger partial charge < -0.3 is 10.2 Å². The number of hydrogen-bond donors (Lipinski definition) is 1. The summed E-state index contributed by atoms with van der Waals surface area (Å²) in [5.74, 6) is 0.563. The molecule has 0 spiro atoms. The number of halogens is 1. The average molecular weight is 328 g/mol. The van der Waals surface area contributed by atoms with E-state index < -0.39 is 0 Å². The van der Waals surface area contributed by atoms with E-state index >= 15 is 0 Å². The monoisotopic (exact) mass is 327 g/mol. The summed E-state index contributed by atoms with van der Waals surface area (Å²) in [5, 5.41) is 11.7. The van der Waals surface area contributed by atoms with Crippen molar-refractivity contribution in [1.82, 2.24) is 25.2 Å². The molecule has 22 heavy (non-hydrogen) atoms. The highest BCUT2D eigenvalue weighted by molar-refractivity contribution is 5.92. The first-order valence-corrected chi connectivity index (χ1v) is 7.92. The summed E-state index contributed by atoms with van der Waals surface area (Å²) in [7, 11) is 0. The van der Waals surface area contributed by atoms with Crippen molar-refractivity contribution in [2.75, 3.05) is 19.6 Å². The summed E-state index contributed by atoms with van der Waals surface area (Å²) in [5.41, 5.74) is 0.394. The second kappa shape index (κ2) is 6.54. The van der Waals surface area contributed by atoms with E-state index in [1.54, 1.807) is 0 Å². The minimum Gasteiger partial charge on any atom is -0.332 e. The maximum absolute atomic E-state index is 12.7. The van der Waals surface area contributed by atoms with Crippen LogP contribution in [-0.2, 0) is 0 Å². The van der Waals surface area contributed by atoms with Crippen LogP contribution in [0.5, 0.6) is 0 Å². The number of amides is 1. The maximum Gasteiger partial charge on any atom is 0.276 e. The van der Waals surface area contributed by atoms with Crippen molar-refractivity contribution in [3.63, 3.8) is 0 Å². The van der Waals surface area contributed by atoms with E-state index in [1.807, 2.05) is 15.8 Å². The molecule has 0 saturated carbocycles. The van der Waals surface area contributed by atoms with Crippen LogP contribution in [0.3, 0.4) is 0 Å². The zero-order valence-electron chi connectivity index (χ0n) is 13.6. The second-order valence-electron chi connectivity index (χ2n) is 7.10. The molecule has 1 aromatic rings. The second-order valence-corrected chi connectivity index (χ2v) is 7.10. The van der Waals surface area contributed by atoms with Crippen molar-refractivity contribution >= 4 is 18.3 Å². The van der Waals surface area contributed by atoms with Gasteiger partial charge in [-0.1, -0.05) is 12.1 Å². The fourth-order valence-electron chi connectivity index (χ4n) is 3.71. The van der Waals surface area contributed by atoms with Gasteiger partial charge in [0.25, 0.3) is 5.91 Å². The number of aromatic nitrogens is 3. The van der Waals surface area contributed by atoms with E-state index in [2.05, 4.69) is 36.4 Å². The molecule has 3 rings (SSSR count). The minimum absolute atomic E-state index is 0. The van der Waals surface area contributed by atoms with E-state index in [-0.39, 0.29) is 23.9 Å². The molecular weight excluding hydrogens is 302 g/mol. The Balaban J connectivity index is 0.00000176. The van der Waals surface area contributed by atoms with Crippen LogP contribution in [0.4, 0.5) is 0 Å². The van der Waals surface area contributed by atoms with Gasteiger partial charge in [-0.25, -0.2) is 4.68 Å². The van der Waals surface area contributed by atoms with Gasteiger partial charge in [0.05, 0.1) is 12.2 Å². The van der Waals surface area contributed by atoms with Gasteiger partial charge in [0, 0.05) is 12.1 Å². The Labute approximate surface area is 138 Å². The minimum atomic E-state index is -0.0883. The Kier molecular flexibility index (Phi) is 5.12. The van der Waals surface area contributed by atoms with Crippen molar-refractivity contribution in [3.05, 3.63) is 11.9 Å². The maximum atomic E-state index is 12.7. The molecule has 0 radical (unpaired) electrons. The molecular formula is C15H26ClN5O. The lowest BCUT2D eigenvalue weighted by molar-refractivity contribution is 0.0643. The van der Waals surface area contributed by atoms with Gasteiger partial charge in [-0.05, 0) is 52.1 Å². The number of carbonyl (C=O) groups excluding carboxylic acids is 1. The molecule has 124 valence electrons. The SMILES string of the molecule is CC1CN(C(=O)c2cn(C3CCNCC3)nn2)C(C)(C)C1.Cl. The molecule has 0 aliphatic carbocycles. The number of likely N-dealkylation sites (tertiary alicyclic amines) is 1. The molecule has 2 aliphatic heterocycles. The summed E-state index contributed by atoms with van der Waals surface area (Å²) in [6, 6.07) is 0.366. The lowest BCUT2D eigenvalue weighted by atomic mass is 9.97. The molecule has 0 bridgehead atoms. The summed E-state index contributed by atoms with van der Waals surface area (Å²) in [6.07, 6.45) is 4.96. The van der Waals surface area contributed by atoms with Crippen LogP contribution in [-0.4, -0.2) is 51.0 Å². The van der Waals surface area contributed by atoms with Crippen molar-refractivity contribution in [1.29, 1.82) is 0 Å². The first-order valence-electron chi connectivity index (χ1n) is 7.92. The number of carbonyl (C=O) groups is 1. The third kappa shape index (κ3) is 3.27. The summed E-state index contributed by atoms with van der Waals surface area (Å²) >= 11 is 0. The van der Waals surface area contributed by atoms with Gasteiger partial charge in [0.1, 0.15) is 0 Å². The molecule has 3 heterocycles. The molecule has 0 aromatic carbocycles. The van der Waals surface area contributed by atoms with Crippen LogP contribution in [0.1, 0.15) is 56.6 Å². The largest absolute Gasteiger partial charge is 0.332 e. The molecule has 1 unspecified atom stereocenters. The van der Waals surface area contributed by atoms with Crippen LogP contribution < -0.4 is 5.32 Å². The molecule has 1 aromatic heterocycles. The van der Waals surface area contributed by atoms with Crippen molar-refractivity contribution in [2.24, 2.45) is 5.92 Å². The van der Waals surface area contributed by atoms with Crippen LogP contribution in [0.15, 0.2) is 6.20 Å². The Morgan fingerprint density at radius 1 is 1.36 bits per heavy atom. The summed E-state index contributed by atoms with van der Waals surface area (Å²) in [6.45, 7) is 9.28.